The predicted octanol–water partition coefficient (Wildman–Crippen LogP) is 6.20. The normalized spacial score (nSPS) is 11.1. The molecule has 0 rings (SSSR count). The number of esters is 1. The second kappa shape index (κ2) is 17.3. The van der Waals surface area contributed by atoms with E-state index in [-0.39, 0.29) is 5.97 Å². The van der Waals surface area contributed by atoms with E-state index in [0.717, 1.165) is 6.42 Å². The Morgan fingerprint density at radius 1 is 0.762 bits per heavy atom. The molecule has 0 amide bonds. The number of hydrogen-bond donors (Lipinski definition) is 0. The lowest BCUT2D eigenvalue weighted by Crippen LogP contribution is -2.03. The van der Waals surface area contributed by atoms with E-state index in [1.807, 2.05) is 6.92 Å². The van der Waals surface area contributed by atoms with Crippen LogP contribution < -0.4 is 0 Å². The van der Waals surface area contributed by atoms with E-state index in [2.05, 4.69) is 19.1 Å². The van der Waals surface area contributed by atoms with E-state index in [9.17, 15) is 4.79 Å². The van der Waals surface area contributed by atoms with Crippen LogP contribution in [0.15, 0.2) is 12.2 Å². The maximum Gasteiger partial charge on any atom is 0.305 e. The number of unbranched alkanes of at least 4 members (excludes halogenated alkanes) is 10. The third kappa shape index (κ3) is 17.2. The molecule has 0 saturated heterocycles. The highest BCUT2D eigenvalue weighted by atomic mass is 16.5. The van der Waals surface area contributed by atoms with Gasteiger partial charge in [0, 0.05) is 6.42 Å². The number of allylic oxidation sites excluding steroid dienone is 2. The highest BCUT2D eigenvalue weighted by Crippen LogP contribution is 2.10. The van der Waals surface area contributed by atoms with Crippen molar-refractivity contribution in [2.45, 2.75) is 97.3 Å². The molecule has 0 aromatic carbocycles. The molecule has 0 aromatic heterocycles. The summed E-state index contributed by atoms with van der Waals surface area (Å²) in [5.41, 5.74) is 0. The van der Waals surface area contributed by atoms with Crippen LogP contribution in [-0.4, -0.2) is 12.6 Å². The zero-order valence-corrected chi connectivity index (χ0v) is 14.4. The van der Waals surface area contributed by atoms with Crippen LogP contribution in [0.4, 0.5) is 0 Å². The summed E-state index contributed by atoms with van der Waals surface area (Å²) in [7, 11) is 0. The molecule has 0 spiro atoms. The molecule has 21 heavy (non-hydrogen) atoms. The first-order valence-corrected chi connectivity index (χ1v) is 9.11. The van der Waals surface area contributed by atoms with E-state index in [4.69, 9.17) is 4.74 Å². The summed E-state index contributed by atoms with van der Waals surface area (Å²) in [5, 5.41) is 0. The Kier molecular flexibility index (Phi) is 16.6. The van der Waals surface area contributed by atoms with Crippen molar-refractivity contribution in [3.63, 3.8) is 0 Å². The third-order valence-electron chi connectivity index (χ3n) is 3.71. The van der Waals surface area contributed by atoms with E-state index in [1.165, 1.54) is 70.6 Å². The third-order valence-corrected chi connectivity index (χ3v) is 3.71. The molecule has 0 aliphatic carbocycles. The van der Waals surface area contributed by atoms with E-state index in [0.29, 0.717) is 13.0 Å². The first-order valence-electron chi connectivity index (χ1n) is 9.11. The van der Waals surface area contributed by atoms with Crippen LogP contribution in [-0.2, 0) is 9.53 Å². The molecule has 0 radical (unpaired) electrons. The number of rotatable bonds is 15. The first kappa shape index (κ1) is 20.2. The van der Waals surface area contributed by atoms with Gasteiger partial charge in [-0.3, -0.25) is 4.79 Å². The molecule has 0 fully saturated rings. The fraction of sp³-hybridized carbons (Fsp3) is 0.842. The van der Waals surface area contributed by atoms with Crippen LogP contribution in [0.5, 0.6) is 0 Å². The van der Waals surface area contributed by atoms with E-state index in [1.54, 1.807) is 0 Å². The standard InChI is InChI=1S/C19H36O2/c1-3-5-6-7-8-9-10-11-12-13-14-15-16-17-18-21-19(20)4-2/h7-8H,3-6,9-18H2,1-2H3/b8-7-. The van der Waals surface area contributed by atoms with Crippen LogP contribution >= 0.6 is 0 Å². The molecule has 0 bridgehead atoms. The van der Waals surface area contributed by atoms with Crippen LogP contribution in [0.1, 0.15) is 97.3 Å². The van der Waals surface area contributed by atoms with Crippen LogP contribution in [0.3, 0.4) is 0 Å². The second-order valence-electron chi connectivity index (χ2n) is 5.80. The van der Waals surface area contributed by atoms with Gasteiger partial charge in [-0.2, -0.15) is 0 Å². The van der Waals surface area contributed by atoms with Gasteiger partial charge in [0.25, 0.3) is 0 Å². The summed E-state index contributed by atoms with van der Waals surface area (Å²) in [4.78, 5) is 10.9. The summed E-state index contributed by atoms with van der Waals surface area (Å²) in [6.45, 7) is 4.69. The summed E-state index contributed by atoms with van der Waals surface area (Å²) in [6, 6.07) is 0. The largest absolute Gasteiger partial charge is 0.466 e. The molecule has 0 aliphatic rings. The molecule has 0 unspecified atom stereocenters. The van der Waals surface area contributed by atoms with Crippen molar-refractivity contribution in [1.82, 2.24) is 0 Å². The van der Waals surface area contributed by atoms with Crippen molar-refractivity contribution in [2.75, 3.05) is 6.61 Å². The van der Waals surface area contributed by atoms with Gasteiger partial charge in [-0.25, -0.2) is 0 Å². The maximum atomic E-state index is 10.9. The van der Waals surface area contributed by atoms with Crippen molar-refractivity contribution in [2.24, 2.45) is 0 Å². The fourth-order valence-electron chi connectivity index (χ4n) is 2.27. The highest BCUT2D eigenvalue weighted by Gasteiger charge is 1.97. The number of carbonyl (C=O) groups is 1. The molecule has 0 heterocycles. The minimum atomic E-state index is -0.0706. The zero-order valence-electron chi connectivity index (χ0n) is 14.4. The van der Waals surface area contributed by atoms with Gasteiger partial charge in [-0.05, 0) is 25.7 Å². The van der Waals surface area contributed by atoms with Crippen molar-refractivity contribution in [3.8, 4) is 0 Å². The van der Waals surface area contributed by atoms with E-state index < -0.39 is 0 Å². The van der Waals surface area contributed by atoms with Crippen LogP contribution in [0.25, 0.3) is 0 Å². The van der Waals surface area contributed by atoms with Gasteiger partial charge in [0.15, 0.2) is 0 Å². The Hall–Kier alpha value is -0.790. The molecule has 0 atom stereocenters. The maximum absolute atomic E-state index is 10.9. The van der Waals surface area contributed by atoms with Gasteiger partial charge < -0.3 is 4.74 Å². The van der Waals surface area contributed by atoms with E-state index >= 15 is 0 Å². The average molecular weight is 296 g/mol. The lowest BCUT2D eigenvalue weighted by molar-refractivity contribution is -0.143. The minimum absolute atomic E-state index is 0.0706. The first-order chi connectivity index (χ1) is 10.3. The van der Waals surface area contributed by atoms with Crippen molar-refractivity contribution >= 4 is 5.97 Å². The second-order valence-corrected chi connectivity index (χ2v) is 5.80. The lowest BCUT2D eigenvalue weighted by Gasteiger charge is -2.03. The molecule has 2 heteroatoms. The van der Waals surface area contributed by atoms with Gasteiger partial charge in [-0.15, -0.1) is 0 Å². The minimum Gasteiger partial charge on any atom is -0.466 e. The van der Waals surface area contributed by atoms with Gasteiger partial charge in [-0.1, -0.05) is 77.4 Å². The Morgan fingerprint density at radius 3 is 1.86 bits per heavy atom. The SMILES string of the molecule is CCCC/C=C\CCCCCCCCCCOC(=O)CC. The molecule has 0 N–H and O–H groups in total. The summed E-state index contributed by atoms with van der Waals surface area (Å²) in [6.07, 6.45) is 20.6. The number of carbonyl (C=O) groups excluding carboxylic acids is 1. The number of hydrogen-bond acceptors (Lipinski definition) is 2. The van der Waals surface area contributed by atoms with Crippen LogP contribution in [0, 0.1) is 0 Å². The highest BCUT2D eigenvalue weighted by molar-refractivity contribution is 5.68. The monoisotopic (exact) mass is 296 g/mol. The van der Waals surface area contributed by atoms with Gasteiger partial charge in [0.2, 0.25) is 0 Å². The molecule has 0 aliphatic heterocycles. The Bertz CT molecular complexity index is 246. The summed E-state index contributed by atoms with van der Waals surface area (Å²) < 4.78 is 5.05. The molecular weight excluding hydrogens is 260 g/mol. The Morgan fingerprint density at radius 2 is 1.29 bits per heavy atom. The summed E-state index contributed by atoms with van der Waals surface area (Å²) in [5.74, 6) is -0.0706. The molecule has 0 aromatic rings. The lowest BCUT2D eigenvalue weighted by atomic mass is 10.1. The van der Waals surface area contributed by atoms with Gasteiger partial charge in [0.05, 0.1) is 6.61 Å². The van der Waals surface area contributed by atoms with Gasteiger partial charge >= 0.3 is 5.97 Å². The topological polar surface area (TPSA) is 26.3 Å². The average Bonchev–Trinajstić information content (AvgIpc) is 2.50. The number of ether oxygens (including phenoxy) is 1. The molecule has 2 nitrogen and oxygen atoms in total. The molecule has 124 valence electrons. The van der Waals surface area contributed by atoms with Crippen molar-refractivity contribution in [1.29, 1.82) is 0 Å². The van der Waals surface area contributed by atoms with Crippen LogP contribution in [0.2, 0.25) is 0 Å². The Balaban J connectivity index is 3.06. The van der Waals surface area contributed by atoms with Crippen molar-refractivity contribution < 1.29 is 9.53 Å². The van der Waals surface area contributed by atoms with Gasteiger partial charge in [0.1, 0.15) is 0 Å². The fourth-order valence-corrected chi connectivity index (χ4v) is 2.27. The molecular formula is C19H36O2. The van der Waals surface area contributed by atoms with Crippen molar-refractivity contribution in [3.05, 3.63) is 12.2 Å². The Labute approximate surface area is 132 Å². The quantitative estimate of drug-likeness (QED) is 0.204. The molecule has 0 saturated carbocycles. The zero-order chi connectivity index (χ0) is 15.6. The smallest absolute Gasteiger partial charge is 0.305 e. The summed E-state index contributed by atoms with van der Waals surface area (Å²) >= 11 is 0. The predicted molar refractivity (Wildman–Crippen MR) is 91.5 cm³/mol.